The summed E-state index contributed by atoms with van der Waals surface area (Å²) >= 11 is 11.5. The van der Waals surface area contributed by atoms with Crippen LogP contribution < -0.4 is 0 Å². The maximum Gasteiger partial charge on any atom is 0.0416 e. The summed E-state index contributed by atoms with van der Waals surface area (Å²) in [5, 5.41) is 0. The molecule has 0 bridgehead atoms. The molecule has 0 saturated heterocycles. The van der Waals surface area contributed by atoms with Gasteiger partial charge in [0.2, 0.25) is 0 Å². The van der Waals surface area contributed by atoms with Crippen LogP contribution in [0.1, 0.15) is 33.1 Å². The van der Waals surface area contributed by atoms with Crippen LogP contribution in [0.25, 0.3) is 0 Å². The van der Waals surface area contributed by atoms with Gasteiger partial charge in [-0.15, -0.1) is 23.2 Å². The van der Waals surface area contributed by atoms with Gasteiger partial charge in [0, 0.05) is 10.8 Å². The SMILES string of the molecule is CCC(C)(Cl)CCCCl. The Morgan fingerprint density at radius 2 is 2.00 bits per heavy atom. The number of halogens is 2. The molecule has 2 heteroatoms. The van der Waals surface area contributed by atoms with Gasteiger partial charge in [-0.25, -0.2) is 0 Å². The summed E-state index contributed by atoms with van der Waals surface area (Å²) in [5.41, 5.74) is 0. The van der Waals surface area contributed by atoms with E-state index in [2.05, 4.69) is 13.8 Å². The number of rotatable bonds is 4. The summed E-state index contributed by atoms with van der Waals surface area (Å²) < 4.78 is 0. The third-order valence-corrected chi connectivity index (χ3v) is 2.29. The summed E-state index contributed by atoms with van der Waals surface area (Å²) in [5.74, 6) is 0.725. The molecule has 1 unspecified atom stereocenters. The Morgan fingerprint density at radius 1 is 1.44 bits per heavy atom. The molecular formula is C7H14Cl2. The van der Waals surface area contributed by atoms with E-state index >= 15 is 0 Å². The Labute approximate surface area is 67.5 Å². The van der Waals surface area contributed by atoms with Gasteiger partial charge >= 0.3 is 0 Å². The Balaban J connectivity index is 3.33. The summed E-state index contributed by atoms with van der Waals surface area (Å²) in [4.78, 5) is -0.0190. The molecule has 0 aromatic carbocycles. The van der Waals surface area contributed by atoms with Gasteiger partial charge < -0.3 is 0 Å². The molecule has 0 N–H and O–H groups in total. The van der Waals surface area contributed by atoms with Gasteiger partial charge in [0.1, 0.15) is 0 Å². The molecule has 0 nitrogen and oxygen atoms in total. The molecule has 0 aromatic rings. The van der Waals surface area contributed by atoms with Crippen molar-refractivity contribution in [2.24, 2.45) is 0 Å². The van der Waals surface area contributed by atoms with Crippen molar-refractivity contribution in [1.82, 2.24) is 0 Å². The van der Waals surface area contributed by atoms with Crippen molar-refractivity contribution in [1.29, 1.82) is 0 Å². The van der Waals surface area contributed by atoms with Crippen LogP contribution in [0.3, 0.4) is 0 Å². The van der Waals surface area contributed by atoms with E-state index in [1.54, 1.807) is 0 Å². The maximum absolute atomic E-state index is 6.04. The topological polar surface area (TPSA) is 0 Å². The van der Waals surface area contributed by atoms with Crippen LogP contribution >= 0.6 is 23.2 Å². The summed E-state index contributed by atoms with van der Waals surface area (Å²) in [7, 11) is 0. The van der Waals surface area contributed by atoms with E-state index in [-0.39, 0.29) is 4.87 Å². The lowest BCUT2D eigenvalue weighted by molar-refractivity contribution is 0.550. The van der Waals surface area contributed by atoms with Gasteiger partial charge in [0.05, 0.1) is 0 Å². The normalized spacial score (nSPS) is 17.3. The second-order valence-electron chi connectivity index (χ2n) is 2.56. The molecule has 56 valence electrons. The van der Waals surface area contributed by atoms with Gasteiger partial charge in [-0.05, 0) is 26.2 Å². The largest absolute Gasteiger partial charge is 0.127 e. The third kappa shape index (κ3) is 5.05. The Hall–Kier alpha value is 0.580. The van der Waals surface area contributed by atoms with Crippen molar-refractivity contribution in [3.8, 4) is 0 Å². The highest BCUT2D eigenvalue weighted by atomic mass is 35.5. The minimum atomic E-state index is -0.0190. The molecular weight excluding hydrogens is 155 g/mol. The van der Waals surface area contributed by atoms with Crippen LogP contribution in [0.2, 0.25) is 0 Å². The molecule has 0 amide bonds. The average molecular weight is 169 g/mol. The standard InChI is InChI=1S/C7H14Cl2/c1-3-7(2,9)5-4-6-8/h3-6H2,1-2H3. The first kappa shape index (κ1) is 9.58. The Kier molecular flexibility index (Phi) is 4.69. The molecule has 0 radical (unpaired) electrons. The molecule has 0 spiro atoms. The van der Waals surface area contributed by atoms with Gasteiger partial charge in [-0.2, -0.15) is 0 Å². The fourth-order valence-corrected chi connectivity index (χ4v) is 0.879. The molecule has 9 heavy (non-hydrogen) atoms. The van der Waals surface area contributed by atoms with Crippen molar-refractivity contribution in [2.75, 3.05) is 5.88 Å². The zero-order chi connectivity index (χ0) is 7.33. The lowest BCUT2D eigenvalue weighted by atomic mass is 10.0. The monoisotopic (exact) mass is 168 g/mol. The lowest BCUT2D eigenvalue weighted by Gasteiger charge is -2.18. The third-order valence-electron chi connectivity index (χ3n) is 1.57. The molecule has 0 aliphatic carbocycles. The van der Waals surface area contributed by atoms with Crippen molar-refractivity contribution in [3.05, 3.63) is 0 Å². The van der Waals surface area contributed by atoms with E-state index in [9.17, 15) is 0 Å². The van der Waals surface area contributed by atoms with Crippen molar-refractivity contribution in [2.45, 2.75) is 38.0 Å². The smallest absolute Gasteiger partial charge is 0.0416 e. The van der Waals surface area contributed by atoms with E-state index < -0.39 is 0 Å². The molecule has 0 aliphatic rings. The highest BCUT2D eigenvalue weighted by Crippen LogP contribution is 2.24. The van der Waals surface area contributed by atoms with Crippen LogP contribution in [0.4, 0.5) is 0 Å². The van der Waals surface area contributed by atoms with E-state index in [1.807, 2.05) is 0 Å². The molecule has 0 fully saturated rings. The maximum atomic E-state index is 6.04. The van der Waals surface area contributed by atoms with Crippen molar-refractivity contribution in [3.63, 3.8) is 0 Å². The molecule has 0 heterocycles. The van der Waals surface area contributed by atoms with Gasteiger partial charge in [0.15, 0.2) is 0 Å². The quantitative estimate of drug-likeness (QED) is 0.565. The van der Waals surface area contributed by atoms with Crippen LogP contribution in [0, 0.1) is 0 Å². The first-order valence-corrected chi connectivity index (χ1v) is 4.28. The van der Waals surface area contributed by atoms with E-state index in [0.717, 1.165) is 25.1 Å². The fourth-order valence-electron chi connectivity index (χ4n) is 0.612. The fraction of sp³-hybridized carbons (Fsp3) is 1.00. The zero-order valence-corrected chi connectivity index (χ0v) is 7.60. The highest BCUT2D eigenvalue weighted by molar-refractivity contribution is 6.23. The number of alkyl halides is 2. The second-order valence-corrected chi connectivity index (χ2v) is 3.85. The first-order chi connectivity index (χ1) is 4.12. The zero-order valence-electron chi connectivity index (χ0n) is 6.08. The van der Waals surface area contributed by atoms with Crippen LogP contribution in [-0.2, 0) is 0 Å². The van der Waals surface area contributed by atoms with Gasteiger partial charge in [-0.1, -0.05) is 6.92 Å². The van der Waals surface area contributed by atoms with Crippen LogP contribution in [-0.4, -0.2) is 10.8 Å². The second kappa shape index (κ2) is 4.40. The highest BCUT2D eigenvalue weighted by Gasteiger charge is 2.16. The number of hydrogen-bond acceptors (Lipinski definition) is 0. The summed E-state index contributed by atoms with van der Waals surface area (Å²) in [6, 6.07) is 0. The predicted octanol–water partition coefficient (Wildman–Crippen LogP) is 3.41. The minimum Gasteiger partial charge on any atom is -0.127 e. The van der Waals surface area contributed by atoms with Crippen LogP contribution in [0.15, 0.2) is 0 Å². The number of hydrogen-bond donors (Lipinski definition) is 0. The molecule has 0 aliphatic heterocycles. The van der Waals surface area contributed by atoms with E-state index in [4.69, 9.17) is 23.2 Å². The molecule has 0 saturated carbocycles. The lowest BCUT2D eigenvalue weighted by Crippen LogP contribution is -2.14. The minimum absolute atomic E-state index is 0.0190. The molecule has 0 rings (SSSR count). The van der Waals surface area contributed by atoms with Crippen molar-refractivity contribution >= 4 is 23.2 Å². The van der Waals surface area contributed by atoms with E-state index in [1.165, 1.54) is 0 Å². The summed E-state index contributed by atoms with van der Waals surface area (Å²) in [6.45, 7) is 4.16. The predicted molar refractivity (Wildman–Crippen MR) is 44.5 cm³/mol. The molecule has 1 atom stereocenters. The van der Waals surface area contributed by atoms with Gasteiger partial charge in [-0.3, -0.25) is 0 Å². The Morgan fingerprint density at radius 3 is 2.33 bits per heavy atom. The Bertz CT molecular complexity index is 69.3. The van der Waals surface area contributed by atoms with Crippen LogP contribution in [0.5, 0.6) is 0 Å². The van der Waals surface area contributed by atoms with Gasteiger partial charge in [0.25, 0.3) is 0 Å². The van der Waals surface area contributed by atoms with E-state index in [0.29, 0.717) is 0 Å². The first-order valence-electron chi connectivity index (χ1n) is 3.37. The van der Waals surface area contributed by atoms with Crippen molar-refractivity contribution < 1.29 is 0 Å². The molecule has 0 aromatic heterocycles. The average Bonchev–Trinajstić information content (AvgIpc) is 1.84. The summed E-state index contributed by atoms with van der Waals surface area (Å²) in [6.07, 6.45) is 3.06.